The SMILES string of the molecule is CC(C)COc1cccc(C(=O)Nc2sc3c(c2C#N)CC[C@@H](C)C3)c1. The van der Waals surface area contributed by atoms with Gasteiger partial charge in [-0.2, -0.15) is 5.26 Å². The first-order valence-electron chi connectivity index (χ1n) is 9.06. The van der Waals surface area contributed by atoms with Crippen molar-refractivity contribution in [3.05, 3.63) is 45.8 Å². The highest BCUT2D eigenvalue weighted by molar-refractivity contribution is 7.16. The van der Waals surface area contributed by atoms with Gasteiger partial charge in [0.05, 0.1) is 12.2 Å². The third-order valence-corrected chi connectivity index (χ3v) is 5.70. The largest absolute Gasteiger partial charge is 0.493 e. The molecule has 26 heavy (non-hydrogen) atoms. The van der Waals surface area contributed by atoms with Crippen LogP contribution >= 0.6 is 11.3 Å². The summed E-state index contributed by atoms with van der Waals surface area (Å²) in [7, 11) is 0. The van der Waals surface area contributed by atoms with Crippen molar-refractivity contribution in [2.45, 2.75) is 40.0 Å². The monoisotopic (exact) mass is 368 g/mol. The van der Waals surface area contributed by atoms with E-state index in [2.05, 4.69) is 32.2 Å². The Hall–Kier alpha value is -2.32. The van der Waals surface area contributed by atoms with Crippen molar-refractivity contribution in [3.8, 4) is 11.8 Å². The molecule has 0 aliphatic heterocycles. The van der Waals surface area contributed by atoms with Crippen molar-refractivity contribution in [1.82, 2.24) is 0 Å². The number of amides is 1. The van der Waals surface area contributed by atoms with Gasteiger partial charge in [-0.1, -0.05) is 26.8 Å². The fourth-order valence-electron chi connectivity index (χ4n) is 3.12. The average Bonchev–Trinajstić information content (AvgIpc) is 2.96. The summed E-state index contributed by atoms with van der Waals surface area (Å²) in [5, 5.41) is 13.2. The van der Waals surface area contributed by atoms with Crippen LogP contribution < -0.4 is 10.1 Å². The summed E-state index contributed by atoms with van der Waals surface area (Å²) in [4.78, 5) is 13.9. The predicted molar refractivity (Wildman–Crippen MR) is 105 cm³/mol. The Kier molecular flexibility index (Phi) is 5.63. The van der Waals surface area contributed by atoms with Gasteiger partial charge in [0.25, 0.3) is 5.91 Å². The van der Waals surface area contributed by atoms with Crippen LogP contribution in [0.4, 0.5) is 5.00 Å². The molecule has 0 saturated heterocycles. The Labute approximate surface area is 158 Å². The molecule has 4 nitrogen and oxygen atoms in total. The molecule has 3 rings (SSSR count). The molecule has 5 heteroatoms. The van der Waals surface area contributed by atoms with E-state index in [1.807, 2.05) is 12.1 Å². The lowest BCUT2D eigenvalue weighted by Gasteiger charge is -2.17. The van der Waals surface area contributed by atoms with Crippen molar-refractivity contribution in [1.29, 1.82) is 5.26 Å². The van der Waals surface area contributed by atoms with Crippen LogP contribution in [0.3, 0.4) is 0 Å². The summed E-state index contributed by atoms with van der Waals surface area (Å²) < 4.78 is 5.70. The number of anilines is 1. The fourth-order valence-corrected chi connectivity index (χ4v) is 4.48. The van der Waals surface area contributed by atoms with E-state index >= 15 is 0 Å². The van der Waals surface area contributed by atoms with Gasteiger partial charge in [0, 0.05) is 10.4 Å². The average molecular weight is 369 g/mol. The van der Waals surface area contributed by atoms with Crippen molar-refractivity contribution in [3.63, 3.8) is 0 Å². The van der Waals surface area contributed by atoms with Crippen molar-refractivity contribution in [2.24, 2.45) is 11.8 Å². The first-order chi connectivity index (χ1) is 12.5. The standard InChI is InChI=1S/C21H24N2O2S/c1-13(2)12-25-16-6-4-5-15(10-16)20(24)23-21-18(11-22)17-8-7-14(3)9-19(17)26-21/h4-6,10,13-14H,7-9,12H2,1-3H3,(H,23,24)/t14-/m1/s1. The highest BCUT2D eigenvalue weighted by atomic mass is 32.1. The molecule has 1 heterocycles. The van der Waals surface area contributed by atoms with Gasteiger partial charge in [-0.05, 0) is 54.9 Å². The summed E-state index contributed by atoms with van der Waals surface area (Å²) in [6.45, 7) is 7.01. The molecule has 136 valence electrons. The van der Waals surface area contributed by atoms with Crippen LogP contribution in [-0.4, -0.2) is 12.5 Å². The number of nitriles is 1. The molecule has 1 aliphatic rings. The lowest BCUT2D eigenvalue weighted by Crippen LogP contribution is -2.12. The first-order valence-corrected chi connectivity index (χ1v) is 9.88. The van der Waals surface area contributed by atoms with Gasteiger partial charge in [-0.25, -0.2) is 0 Å². The van der Waals surface area contributed by atoms with Gasteiger partial charge in [0.1, 0.15) is 16.8 Å². The molecule has 0 radical (unpaired) electrons. The number of benzene rings is 1. The maximum Gasteiger partial charge on any atom is 0.256 e. The molecule has 0 fully saturated rings. The third kappa shape index (κ3) is 4.08. The first kappa shape index (κ1) is 18.5. The van der Waals surface area contributed by atoms with E-state index in [9.17, 15) is 10.1 Å². The number of hydrogen-bond donors (Lipinski definition) is 1. The Morgan fingerprint density at radius 3 is 3.00 bits per heavy atom. The molecule has 0 bridgehead atoms. The van der Waals surface area contributed by atoms with E-state index in [1.54, 1.807) is 23.5 Å². The van der Waals surface area contributed by atoms with Crippen molar-refractivity contribution in [2.75, 3.05) is 11.9 Å². The van der Waals surface area contributed by atoms with Crippen LogP contribution in [0.2, 0.25) is 0 Å². The zero-order chi connectivity index (χ0) is 18.7. The lowest BCUT2D eigenvalue weighted by molar-refractivity contribution is 0.102. The van der Waals surface area contributed by atoms with Gasteiger partial charge >= 0.3 is 0 Å². The number of carbonyl (C=O) groups is 1. The van der Waals surface area contributed by atoms with Gasteiger partial charge in [-0.15, -0.1) is 11.3 Å². The number of thiophene rings is 1. The topological polar surface area (TPSA) is 62.1 Å². The molecule has 1 aliphatic carbocycles. The second-order valence-electron chi connectivity index (χ2n) is 7.35. The highest BCUT2D eigenvalue weighted by Gasteiger charge is 2.24. The van der Waals surface area contributed by atoms with Crippen LogP contribution in [0.15, 0.2) is 24.3 Å². The van der Waals surface area contributed by atoms with Gasteiger partial charge in [0.15, 0.2) is 0 Å². The van der Waals surface area contributed by atoms with E-state index < -0.39 is 0 Å². The lowest BCUT2D eigenvalue weighted by atomic mass is 9.88. The minimum atomic E-state index is -0.205. The Bertz CT molecular complexity index is 848. The molecule has 1 amide bonds. The normalized spacial score (nSPS) is 16.0. The number of rotatable bonds is 5. The van der Waals surface area contributed by atoms with E-state index in [1.165, 1.54) is 4.88 Å². The quantitative estimate of drug-likeness (QED) is 0.805. The minimum Gasteiger partial charge on any atom is -0.493 e. The zero-order valence-corrected chi connectivity index (χ0v) is 16.3. The summed E-state index contributed by atoms with van der Waals surface area (Å²) >= 11 is 1.55. The number of carbonyl (C=O) groups excluding carboxylic acids is 1. The fraction of sp³-hybridized carbons (Fsp3) is 0.429. The minimum absolute atomic E-state index is 0.205. The Morgan fingerprint density at radius 2 is 2.27 bits per heavy atom. The van der Waals surface area contributed by atoms with Gasteiger partial charge in [-0.3, -0.25) is 4.79 Å². The summed E-state index contributed by atoms with van der Waals surface area (Å²) in [5.74, 6) is 1.53. The second-order valence-corrected chi connectivity index (χ2v) is 8.46. The number of nitrogens with zero attached hydrogens (tertiary/aromatic N) is 1. The number of fused-ring (bicyclic) bond motifs is 1. The van der Waals surface area contributed by atoms with E-state index in [0.29, 0.717) is 40.3 Å². The van der Waals surface area contributed by atoms with Gasteiger partial charge in [0.2, 0.25) is 0 Å². The maximum absolute atomic E-state index is 12.7. The van der Waals surface area contributed by atoms with E-state index in [4.69, 9.17) is 4.74 Å². The van der Waals surface area contributed by atoms with Crippen LogP contribution in [0, 0.1) is 23.2 Å². The van der Waals surface area contributed by atoms with Crippen LogP contribution in [0.5, 0.6) is 5.75 Å². The third-order valence-electron chi connectivity index (χ3n) is 4.53. The molecule has 0 unspecified atom stereocenters. The molecule has 2 aromatic rings. The van der Waals surface area contributed by atoms with Crippen molar-refractivity contribution < 1.29 is 9.53 Å². The highest BCUT2D eigenvalue weighted by Crippen LogP contribution is 2.39. The summed E-state index contributed by atoms with van der Waals surface area (Å²) in [6, 6.07) is 9.47. The molecule has 1 N–H and O–H groups in total. The van der Waals surface area contributed by atoms with Crippen LogP contribution in [-0.2, 0) is 12.8 Å². The van der Waals surface area contributed by atoms with Crippen LogP contribution in [0.25, 0.3) is 0 Å². The van der Waals surface area contributed by atoms with E-state index in [-0.39, 0.29) is 5.91 Å². The smallest absolute Gasteiger partial charge is 0.256 e. The summed E-state index contributed by atoms with van der Waals surface area (Å²) in [5.41, 5.74) is 2.30. The zero-order valence-electron chi connectivity index (χ0n) is 15.5. The number of ether oxygens (including phenoxy) is 1. The van der Waals surface area contributed by atoms with Crippen molar-refractivity contribution >= 4 is 22.2 Å². The maximum atomic E-state index is 12.7. The Morgan fingerprint density at radius 1 is 1.46 bits per heavy atom. The predicted octanol–water partition coefficient (Wildman–Crippen LogP) is 5.03. The van der Waals surface area contributed by atoms with Gasteiger partial charge < -0.3 is 10.1 Å². The molecule has 0 saturated carbocycles. The Balaban J connectivity index is 1.78. The molecular formula is C21H24N2O2S. The summed E-state index contributed by atoms with van der Waals surface area (Å²) in [6.07, 6.45) is 3.01. The molecule has 1 aromatic heterocycles. The number of hydrogen-bond acceptors (Lipinski definition) is 4. The van der Waals surface area contributed by atoms with Crippen LogP contribution in [0.1, 0.15) is 53.6 Å². The number of nitrogens with one attached hydrogen (secondary N) is 1. The molecule has 0 spiro atoms. The van der Waals surface area contributed by atoms with E-state index in [0.717, 1.165) is 24.8 Å². The molecular weight excluding hydrogens is 344 g/mol. The molecule has 1 atom stereocenters. The molecule has 1 aromatic carbocycles. The second kappa shape index (κ2) is 7.92.